The van der Waals surface area contributed by atoms with Gasteiger partial charge in [0.1, 0.15) is 5.60 Å². The highest BCUT2D eigenvalue weighted by molar-refractivity contribution is 7.86. The molecule has 0 heterocycles. The highest BCUT2D eigenvalue weighted by Crippen LogP contribution is 2.36. The zero-order chi connectivity index (χ0) is 20.4. The number of benzene rings is 1. The second-order valence-electron chi connectivity index (χ2n) is 9.26. The number of hydrogen-bond donors (Lipinski definition) is 0. The van der Waals surface area contributed by atoms with Gasteiger partial charge in [0.15, 0.2) is 0 Å². The summed E-state index contributed by atoms with van der Waals surface area (Å²) in [6.07, 6.45) is 0.429. The SMILES string of the molecule is Cc1ccc(S(=O)(=O)OCC(C)(C)CC(C)(C)C(=O)OC(C)(C)C)cc1. The predicted molar refractivity (Wildman–Crippen MR) is 102 cm³/mol. The van der Waals surface area contributed by atoms with Crippen LogP contribution in [0.25, 0.3) is 0 Å². The molecule has 0 aliphatic heterocycles. The molecule has 0 aromatic heterocycles. The molecule has 0 unspecified atom stereocenters. The third-order valence-corrected chi connectivity index (χ3v) is 5.06. The summed E-state index contributed by atoms with van der Waals surface area (Å²) < 4.78 is 35.5. The fraction of sp³-hybridized carbons (Fsp3) is 0.650. The molecule has 5 nitrogen and oxygen atoms in total. The van der Waals surface area contributed by atoms with Gasteiger partial charge in [-0.15, -0.1) is 0 Å². The Morgan fingerprint density at radius 2 is 1.46 bits per heavy atom. The molecule has 0 fully saturated rings. The third-order valence-electron chi connectivity index (χ3n) is 3.79. The lowest BCUT2D eigenvalue weighted by Crippen LogP contribution is -2.38. The van der Waals surface area contributed by atoms with Gasteiger partial charge in [0.25, 0.3) is 10.1 Å². The monoisotopic (exact) mass is 384 g/mol. The van der Waals surface area contributed by atoms with Crippen LogP contribution in [-0.2, 0) is 23.8 Å². The van der Waals surface area contributed by atoms with Gasteiger partial charge >= 0.3 is 5.97 Å². The molecule has 0 bridgehead atoms. The lowest BCUT2D eigenvalue weighted by Gasteiger charge is -2.34. The Morgan fingerprint density at radius 3 is 1.92 bits per heavy atom. The molecule has 0 aliphatic rings. The van der Waals surface area contributed by atoms with Gasteiger partial charge in [0.05, 0.1) is 16.9 Å². The molecule has 0 saturated heterocycles. The standard InChI is InChI=1S/C20H32O5S/c1-15-9-11-16(12-10-15)26(22,23)24-14-19(5,6)13-20(7,8)17(21)25-18(2,3)4/h9-12H,13-14H2,1-8H3. The van der Waals surface area contributed by atoms with Crippen molar-refractivity contribution in [3.05, 3.63) is 29.8 Å². The first-order chi connectivity index (χ1) is 11.5. The molecule has 1 rings (SSSR count). The topological polar surface area (TPSA) is 69.7 Å². The normalized spacial score (nSPS) is 13.5. The summed E-state index contributed by atoms with van der Waals surface area (Å²) in [5.41, 5.74) is -0.876. The quantitative estimate of drug-likeness (QED) is 0.512. The van der Waals surface area contributed by atoms with Crippen molar-refractivity contribution in [1.82, 2.24) is 0 Å². The van der Waals surface area contributed by atoms with Crippen LogP contribution in [0.3, 0.4) is 0 Å². The smallest absolute Gasteiger partial charge is 0.312 e. The second-order valence-corrected chi connectivity index (χ2v) is 10.9. The van der Waals surface area contributed by atoms with E-state index in [-0.39, 0.29) is 17.5 Å². The van der Waals surface area contributed by atoms with Gasteiger partial charge < -0.3 is 4.74 Å². The van der Waals surface area contributed by atoms with E-state index in [2.05, 4.69) is 0 Å². The molecule has 0 amide bonds. The average Bonchev–Trinajstić information content (AvgIpc) is 2.43. The van der Waals surface area contributed by atoms with E-state index in [1.165, 1.54) is 12.1 Å². The molecule has 6 heteroatoms. The zero-order valence-corrected chi connectivity index (χ0v) is 18.0. The maximum Gasteiger partial charge on any atom is 0.312 e. The van der Waals surface area contributed by atoms with E-state index in [1.54, 1.807) is 26.0 Å². The first-order valence-electron chi connectivity index (χ1n) is 8.74. The molecule has 148 valence electrons. The van der Waals surface area contributed by atoms with Gasteiger partial charge in [0.2, 0.25) is 0 Å². The summed E-state index contributed by atoms with van der Waals surface area (Å²) in [5.74, 6) is -0.306. The van der Waals surface area contributed by atoms with Crippen LogP contribution < -0.4 is 0 Å². The van der Waals surface area contributed by atoms with Gasteiger partial charge in [-0.05, 0) is 65.5 Å². The molecule has 0 N–H and O–H groups in total. The first kappa shape index (κ1) is 22.6. The van der Waals surface area contributed by atoms with Crippen LogP contribution in [0.15, 0.2) is 29.2 Å². The van der Waals surface area contributed by atoms with Crippen LogP contribution in [0, 0.1) is 17.8 Å². The number of ether oxygens (including phenoxy) is 1. The van der Waals surface area contributed by atoms with Gasteiger partial charge in [-0.1, -0.05) is 31.5 Å². The highest BCUT2D eigenvalue weighted by atomic mass is 32.2. The van der Waals surface area contributed by atoms with Crippen molar-refractivity contribution in [2.75, 3.05) is 6.61 Å². The van der Waals surface area contributed by atoms with Crippen molar-refractivity contribution in [3.8, 4) is 0 Å². The van der Waals surface area contributed by atoms with Crippen LogP contribution in [0.5, 0.6) is 0 Å². The summed E-state index contributed by atoms with van der Waals surface area (Å²) >= 11 is 0. The Hall–Kier alpha value is -1.40. The minimum Gasteiger partial charge on any atom is -0.460 e. The lowest BCUT2D eigenvalue weighted by molar-refractivity contribution is -0.167. The Balaban J connectivity index is 2.79. The molecular weight excluding hydrogens is 352 g/mol. The maximum atomic E-state index is 12.4. The third kappa shape index (κ3) is 7.08. The molecule has 0 aliphatic carbocycles. The van der Waals surface area contributed by atoms with E-state index in [4.69, 9.17) is 8.92 Å². The Bertz CT molecular complexity index is 722. The van der Waals surface area contributed by atoms with E-state index in [1.807, 2.05) is 41.5 Å². The van der Waals surface area contributed by atoms with Crippen molar-refractivity contribution in [3.63, 3.8) is 0 Å². The summed E-state index contributed by atoms with van der Waals surface area (Å²) in [4.78, 5) is 12.6. The van der Waals surface area contributed by atoms with Crippen molar-refractivity contribution in [2.45, 2.75) is 72.3 Å². The summed E-state index contributed by atoms with van der Waals surface area (Å²) in [7, 11) is -3.83. The number of esters is 1. The van der Waals surface area contributed by atoms with Gasteiger partial charge in [-0.2, -0.15) is 8.42 Å². The largest absolute Gasteiger partial charge is 0.460 e. The molecule has 26 heavy (non-hydrogen) atoms. The van der Waals surface area contributed by atoms with Crippen LogP contribution in [-0.4, -0.2) is 26.6 Å². The summed E-state index contributed by atoms with van der Waals surface area (Å²) in [6.45, 7) is 14.7. The van der Waals surface area contributed by atoms with Crippen molar-refractivity contribution in [1.29, 1.82) is 0 Å². The minimum absolute atomic E-state index is 0.0184. The molecule has 0 radical (unpaired) electrons. The van der Waals surface area contributed by atoms with Crippen LogP contribution in [0.1, 0.15) is 60.5 Å². The van der Waals surface area contributed by atoms with Crippen molar-refractivity contribution in [2.24, 2.45) is 10.8 Å². The van der Waals surface area contributed by atoms with E-state index in [0.29, 0.717) is 6.42 Å². The molecule has 0 spiro atoms. The molecule has 1 aromatic rings. The number of carbonyl (C=O) groups excluding carboxylic acids is 1. The first-order valence-corrected chi connectivity index (χ1v) is 10.1. The van der Waals surface area contributed by atoms with Crippen LogP contribution >= 0.6 is 0 Å². The number of carbonyl (C=O) groups is 1. The van der Waals surface area contributed by atoms with Crippen LogP contribution in [0.2, 0.25) is 0 Å². The fourth-order valence-electron chi connectivity index (χ4n) is 2.75. The Morgan fingerprint density at radius 1 is 0.962 bits per heavy atom. The molecule has 0 atom stereocenters. The molecular formula is C20H32O5S. The molecule has 0 saturated carbocycles. The highest BCUT2D eigenvalue weighted by Gasteiger charge is 2.38. The molecule has 1 aromatic carbocycles. The maximum absolute atomic E-state index is 12.4. The van der Waals surface area contributed by atoms with E-state index >= 15 is 0 Å². The lowest BCUT2D eigenvalue weighted by atomic mass is 9.75. The number of aryl methyl sites for hydroxylation is 1. The summed E-state index contributed by atoms with van der Waals surface area (Å²) in [5, 5.41) is 0. The van der Waals surface area contributed by atoms with Gasteiger partial charge in [-0.25, -0.2) is 0 Å². The minimum atomic E-state index is -3.83. The number of hydrogen-bond acceptors (Lipinski definition) is 5. The van der Waals surface area contributed by atoms with Gasteiger partial charge in [-0.3, -0.25) is 8.98 Å². The van der Waals surface area contributed by atoms with E-state index < -0.39 is 26.5 Å². The second kappa shape index (κ2) is 7.69. The van der Waals surface area contributed by atoms with E-state index in [9.17, 15) is 13.2 Å². The van der Waals surface area contributed by atoms with Gasteiger partial charge in [0, 0.05) is 0 Å². The fourth-order valence-corrected chi connectivity index (χ4v) is 3.83. The van der Waals surface area contributed by atoms with E-state index in [0.717, 1.165) is 5.56 Å². The zero-order valence-electron chi connectivity index (χ0n) is 17.2. The van der Waals surface area contributed by atoms with Crippen molar-refractivity contribution >= 4 is 16.1 Å². The predicted octanol–water partition coefficient (Wildman–Crippen LogP) is 4.48. The Kier molecular flexibility index (Phi) is 6.69. The number of rotatable bonds is 7. The average molecular weight is 385 g/mol. The summed E-state index contributed by atoms with van der Waals surface area (Å²) in [6, 6.07) is 6.52. The van der Waals surface area contributed by atoms with Crippen LogP contribution in [0.4, 0.5) is 0 Å². The Labute approximate surface area is 158 Å². The van der Waals surface area contributed by atoms with Crippen molar-refractivity contribution < 1.29 is 22.1 Å².